The molecule has 0 aromatic rings. The first-order valence-electron chi connectivity index (χ1n) is 10.6. The smallest absolute Gasteiger partial charge is 0.222 e. The topological polar surface area (TPSA) is 49.9 Å². The maximum absolute atomic E-state index is 12.3. The summed E-state index contributed by atoms with van der Waals surface area (Å²) >= 11 is 0. The van der Waals surface area contributed by atoms with E-state index in [-0.39, 0.29) is 22.6 Å². The second kappa shape index (κ2) is 12.4. The summed E-state index contributed by atoms with van der Waals surface area (Å²) in [5.41, 5.74) is -0.198. The monoisotopic (exact) mass is 384 g/mol. The Kier molecular flexibility index (Phi) is 11.9. The summed E-state index contributed by atoms with van der Waals surface area (Å²) in [6.45, 7) is 20.7. The van der Waals surface area contributed by atoms with E-state index in [1.165, 1.54) is 0 Å². The van der Waals surface area contributed by atoms with E-state index < -0.39 is 0 Å². The first kappa shape index (κ1) is 25.9. The largest absolute Gasteiger partial charge is 0.380 e. The number of unbranched alkanes of at least 4 members (excludes halogenated alkanes) is 1. The molecule has 0 rings (SSSR count). The highest BCUT2D eigenvalue weighted by molar-refractivity contribution is 5.76. The van der Waals surface area contributed by atoms with Crippen molar-refractivity contribution in [2.75, 3.05) is 39.4 Å². The molecule has 5 heteroatoms. The van der Waals surface area contributed by atoms with Crippen LogP contribution in [0.25, 0.3) is 0 Å². The van der Waals surface area contributed by atoms with Crippen molar-refractivity contribution in [1.82, 2.24) is 9.80 Å². The Hall–Kier alpha value is -1.10. The van der Waals surface area contributed by atoms with Gasteiger partial charge < -0.3 is 14.5 Å². The summed E-state index contributed by atoms with van der Waals surface area (Å²) in [6, 6.07) is 0. The van der Waals surface area contributed by atoms with Gasteiger partial charge in [0.1, 0.15) is 0 Å². The van der Waals surface area contributed by atoms with Gasteiger partial charge in [-0.2, -0.15) is 0 Å². The Bertz CT molecular complexity index is 447. The summed E-state index contributed by atoms with van der Waals surface area (Å²) in [5, 5.41) is 0. The highest BCUT2D eigenvalue weighted by Crippen LogP contribution is 2.23. The highest BCUT2D eigenvalue weighted by Gasteiger charge is 2.27. The molecule has 5 nitrogen and oxygen atoms in total. The minimum absolute atomic E-state index is 0.0989. The third kappa shape index (κ3) is 10.7. The van der Waals surface area contributed by atoms with Gasteiger partial charge in [0.25, 0.3) is 0 Å². The molecule has 0 heterocycles. The Morgan fingerprint density at radius 1 is 0.778 bits per heavy atom. The van der Waals surface area contributed by atoms with Gasteiger partial charge in [-0.25, -0.2) is 0 Å². The molecule has 2 amide bonds. The van der Waals surface area contributed by atoms with E-state index in [2.05, 4.69) is 34.6 Å². The predicted molar refractivity (Wildman–Crippen MR) is 113 cm³/mol. The van der Waals surface area contributed by atoms with Crippen LogP contribution in [0.4, 0.5) is 0 Å². The standard InChI is InChI=1S/C22H44N2O3/c1-9-13-14-20(26)24(12-4)16-22(7,8)18-27-17-21(5,6)15-23(11-3)19(25)10-2/h9-18H2,1-8H3. The van der Waals surface area contributed by atoms with Crippen molar-refractivity contribution in [2.24, 2.45) is 10.8 Å². The third-order valence-electron chi connectivity index (χ3n) is 4.74. The lowest BCUT2D eigenvalue weighted by Gasteiger charge is -2.35. The number of hydrogen-bond acceptors (Lipinski definition) is 3. The molecule has 0 fully saturated rings. The molecule has 0 aliphatic carbocycles. The fourth-order valence-electron chi connectivity index (χ4n) is 3.19. The molecule has 0 aliphatic heterocycles. The molecule has 0 atom stereocenters. The summed E-state index contributed by atoms with van der Waals surface area (Å²) in [6.07, 6.45) is 3.16. The summed E-state index contributed by atoms with van der Waals surface area (Å²) in [4.78, 5) is 28.2. The number of rotatable bonds is 14. The molecule has 0 aliphatic rings. The van der Waals surface area contributed by atoms with E-state index in [1.54, 1.807) is 0 Å². The van der Waals surface area contributed by atoms with Crippen molar-refractivity contribution >= 4 is 11.8 Å². The van der Waals surface area contributed by atoms with Crippen LogP contribution >= 0.6 is 0 Å². The quantitative estimate of drug-likeness (QED) is 0.447. The molecule has 0 unspecified atom stereocenters. The van der Waals surface area contributed by atoms with Gasteiger partial charge in [0.05, 0.1) is 13.2 Å². The van der Waals surface area contributed by atoms with Crippen molar-refractivity contribution in [1.29, 1.82) is 0 Å². The zero-order chi connectivity index (χ0) is 21.1. The van der Waals surface area contributed by atoms with Crippen molar-refractivity contribution in [3.8, 4) is 0 Å². The van der Waals surface area contributed by atoms with E-state index in [9.17, 15) is 9.59 Å². The summed E-state index contributed by atoms with van der Waals surface area (Å²) in [7, 11) is 0. The molecule has 0 saturated heterocycles. The number of carbonyl (C=O) groups excluding carboxylic acids is 2. The molecular formula is C22H44N2O3. The van der Waals surface area contributed by atoms with Crippen molar-refractivity contribution < 1.29 is 14.3 Å². The van der Waals surface area contributed by atoms with Gasteiger partial charge in [-0.15, -0.1) is 0 Å². The third-order valence-corrected chi connectivity index (χ3v) is 4.74. The van der Waals surface area contributed by atoms with Crippen LogP contribution in [0, 0.1) is 10.8 Å². The average Bonchev–Trinajstić information content (AvgIpc) is 2.61. The van der Waals surface area contributed by atoms with Gasteiger partial charge >= 0.3 is 0 Å². The molecule has 0 spiro atoms. The van der Waals surface area contributed by atoms with Crippen LogP contribution in [0.3, 0.4) is 0 Å². The molecule has 0 N–H and O–H groups in total. The van der Waals surface area contributed by atoms with Crippen LogP contribution in [-0.4, -0.2) is 61.0 Å². The van der Waals surface area contributed by atoms with Gasteiger partial charge in [-0.1, -0.05) is 48.0 Å². The van der Waals surface area contributed by atoms with Gasteiger partial charge in [-0.05, 0) is 20.3 Å². The lowest BCUT2D eigenvalue weighted by molar-refractivity contribution is -0.133. The maximum atomic E-state index is 12.3. The summed E-state index contributed by atoms with van der Waals surface area (Å²) in [5.74, 6) is 0.430. The summed E-state index contributed by atoms with van der Waals surface area (Å²) < 4.78 is 6.05. The zero-order valence-electron chi connectivity index (χ0n) is 19.2. The Labute approximate surface area is 167 Å². The predicted octanol–water partition coefficient (Wildman–Crippen LogP) is 4.35. The molecule has 0 radical (unpaired) electrons. The Balaban J connectivity index is 4.57. The fourth-order valence-corrected chi connectivity index (χ4v) is 3.19. The first-order valence-corrected chi connectivity index (χ1v) is 10.6. The van der Waals surface area contributed by atoms with Crippen molar-refractivity contribution in [2.45, 2.75) is 81.1 Å². The van der Waals surface area contributed by atoms with Crippen molar-refractivity contribution in [3.05, 3.63) is 0 Å². The molecule has 160 valence electrons. The van der Waals surface area contributed by atoms with Gasteiger partial charge in [0.2, 0.25) is 11.8 Å². The Morgan fingerprint density at radius 2 is 1.22 bits per heavy atom. The van der Waals surface area contributed by atoms with E-state index >= 15 is 0 Å². The van der Waals surface area contributed by atoms with E-state index in [4.69, 9.17) is 4.74 Å². The zero-order valence-corrected chi connectivity index (χ0v) is 19.2. The number of nitrogens with zero attached hydrogens (tertiary/aromatic N) is 2. The minimum Gasteiger partial charge on any atom is -0.380 e. The fraction of sp³-hybridized carbons (Fsp3) is 0.909. The molecule has 0 aromatic heterocycles. The molecule has 0 saturated carbocycles. The number of ether oxygens (including phenoxy) is 1. The number of amides is 2. The van der Waals surface area contributed by atoms with Crippen LogP contribution in [0.2, 0.25) is 0 Å². The Morgan fingerprint density at radius 3 is 1.59 bits per heavy atom. The highest BCUT2D eigenvalue weighted by atomic mass is 16.5. The van der Waals surface area contributed by atoms with E-state index in [0.29, 0.717) is 39.1 Å². The lowest BCUT2D eigenvalue weighted by Crippen LogP contribution is -2.43. The van der Waals surface area contributed by atoms with Crippen LogP contribution < -0.4 is 0 Å². The molecular weight excluding hydrogens is 340 g/mol. The van der Waals surface area contributed by atoms with Gasteiger partial charge in [0, 0.05) is 49.9 Å². The molecule has 0 aromatic carbocycles. The lowest BCUT2D eigenvalue weighted by atomic mass is 9.92. The van der Waals surface area contributed by atoms with Gasteiger partial charge in [-0.3, -0.25) is 9.59 Å². The maximum Gasteiger partial charge on any atom is 0.222 e. The van der Waals surface area contributed by atoms with Crippen LogP contribution in [0.5, 0.6) is 0 Å². The average molecular weight is 385 g/mol. The van der Waals surface area contributed by atoms with Crippen molar-refractivity contribution in [3.63, 3.8) is 0 Å². The number of hydrogen-bond donors (Lipinski definition) is 0. The second-order valence-corrected chi connectivity index (χ2v) is 9.09. The molecule has 0 bridgehead atoms. The minimum atomic E-state index is -0.0996. The van der Waals surface area contributed by atoms with E-state index in [0.717, 1.165) is 25.9 Å². The van der Waals surface area contributed by atoms with E-state index in [1.807, 2.05) is 30.6 Å². The van der Waals surface area contributed by atoms with Gasteiger partial charge in [0.15, 0.2) is 0 Å². The van der Waals surface area contributed by atoms with Crippen LogP contribution in [0.15, 0.2) is 0 Å². The van der Waals surface area contributed by atoms with Crippen LogP contribution in [0.1, 0.15) is 81.1 Å². The number of carbonyl (C=O) groups is 2. The molecule has 27 heavy (non-hydrogen) atoms. The SMILES string of the molecule is CCCCC(=O)N(CC)CC(C)(C)COCC(C)(C)CN(CC)C(=O)CC. The normalized spacial score (nSPS) is 12.1. The second-order valence-electron chi connectivity index (χ2n) is 9.09. The van der Waals surface area contributed by atoms with Crippen LogP contribution in [-0.2, 0) is 14.3 Å². The first-order chi connectivity index (χ1) is 12.5.